The second-order valence-electron chi connectivity index (χ2n) is 8.61. The number of aromatic nitrogens is 1. The number of nitrogens with one attached hydrogen (secondary N) is 1. The van der Waals surface area contributed by atoms with Gasteiger partial charge in [0, 0.05) is 55.7 Å². The first kappa shape index (κ1) is 23.3. The molecule has 1 unspecified atom stereocenters. The van der Waals surface area contributed by atoms with Gasteiger partial charge < -0.3 is 14.2 Å². The van der Waals surface area contributed by atoms with E-state index >= 15 is 0 Å². The van der Waals surface area contributed by atoms with Gasteiger partial charge in [-0.05, 0) is 35.4 Å². The van der Waals surface area contributed by atoms with Gasteiger partial charge in [-0.3, -0.25) is 19.7 Å². The van der Waals surface area contributed by atoms with E-state index in [1.165, 1.54) is 19.5 Å². The van der Waals surface area contributed by atoms with Crippen LogP contribution in [-0.4, -0.2) is 58.1 Å². The Labute approximate surface area is 197 Å². The summed E-state index contributed by atoms with van der Waals surface area (Å²) < 4.78 is 7.63. The maximum Gasteiger partial charge on any atom is 0.326 e. The quantitative estimate of drug-likeness (QED) is 0.455. The van der Waals surface area contributed by atoms with Crippen molar-refractivity contribution < 1.29 is 24.3 Å². The van der Waals surface area contributed by atoms with E-state index in [-0.39, 0.29) is 17.9 Å². The highest BCUT2D eigenvalue weighted by atomic mass is 16.5. The van der Waals surface area contributed by atoms with Gasteiger partial charge in [0.15, 0.2) is 0 Å². The monoisotopic (exact) mass is 464 g/mol. The number of imide groups is 1. The molecule has 4 rings (SSSR count). The number of hydrogen-bond donors (Lipinski definition) is 2. The molecule has 0 fully saturated rings. The molecule has 2 heterocycles. The van der Waals surface area contributed by atoms with Crippen LogP contribution in [0.4, 0.5) is 4.79 Å². The number of carbonyl (C=O) groups excluding carboxylic acids is 3. The summed E-state index contributed by atoms with van der Waals surface area (Å²) in [5.74, 6) is -0.0744. The van der Waals surface area contributed by atoms with Crippen molar-refractivity contribution in [2.24, 2.45) is 0 Å². The van der Waals surface area contributed by atoms with Gasteiger partial charge in [-0.1, -0.05) is 19.1 Å². The van der Waals surface area contributed by atoms with Crippen molar-refractivity contribution in [3.05, 3.63) is 64.8 Å². The van der Waals surface area contributed by atoms with Crippen molar-refractivity contribution >= 4 is 28.7 Å². The predicted octanol–water partition coefficient (Wildman–Crippen LogP) is 3.33. The first-order valence-electron chi connectivity index (χ1n) is 11.0. The molecule has 9 heteroatoms. The highest BCUT2D eigenvalue weighted by Gasteiger charge is 2.33. The van der Waals surface area contributed by atoms with Crippen LogP contribution < -0.4 is 10.2 Å². The van der Waals surface area contributed by atoms with Gasteiger partial charge in [-0.25, -0.2) is 10.3 Å². The number of hydroxylamine groups is 1. The van der Waals surface area contributed by atoms with Gasteiger partial charge in [0.05, 0.1) is 19.2 Å². The molecule has 178 valence electrons. The first-order chi connectivity index (χ1) is 16.2. The number of fused-ring (bicyclic) bond motifs is 3. The van der Waals surface area contributed by atoms with Crippen LogP contribution in [0.3, 0.4) is 0 Å². The highest BCUT2D eigenvalue weighted by Crippen LogP contribution is 2.39. The molecule has 0 radical (unpaired) electrons. The number of amides is 4. The van der Waals surface area contributed by atoms with Crippen molar-refractivity contribution in [3.63, 3.8) is 0 Å². The molecule has 2 aromatic carbocycles. The Morgan fingerprint density at radius 1 is 1.18 bits per heavy atom. The Kier molecular flexibility index (Phi) is 6.30. The van der Waals surface area contributed by atoms with Crippen molar-refractivity contribution in [1.82, 2.24) is 19.8 Å². The molecule has 1 atom stereocenters. The van der Waals surface area contributed by atoms with Crippen LogP contribution in [0.25, 0.3) is 10.9 Å². The lowest BCUT2D eigenvalue weighted by molar-refractivity contribution is -0.125. The second-order valence-corrected chi connectivity index (χ2v) is 8.61. The van der Waals surface area contributed by atoms with Gasteiger partial charge in [0.1, 0.15) is 5.75 Å². The number of ether oxygens (including phenoxy) is 1. The van der Waals surface area contributed by atoms with E-state index in [0.717, 1.165) is 32.8 Å². The molecule has 0 aliphatic carbocycles. The molecular formula is C25H28N4O5. The van der Waals surface area contributed by atoms with Crippen LogP contribution in [0, 0.1) is 0 Å². The minimum Gasteiger partial charge on any atom is -0.497 e. The van der Waals surface area contributed by atoms with Gasteiger partial charge >= 0.3 is 6.03 Å². The topological polar surface area (TPSA) is 104 Å². The van der Waals surface area contributed by atoms with Gasteiger partial charge in [-0.2, -0.15) is 0 Å². The average molecular weight is 465 g/mol. The van der Waals surface area contributed by atoms with Crippen LogP contribution in [0.2, 0.25) is 0 Å². The maximum absolute atomic E-state index is 13.0. The van der Waals surface area contributed by atoms with Gasteiger partial charge in [0.2, 0.25) is 5.91 Å². The summed E-state index contributed by atoms with van der Waals surface area (Å²) in [6, 6.07) is 12.6. The zero-order valence-electron chi connectivity index (χ0n) is 19.7. The highest BCUT2D eigenvalue weighted by molar-refractivity contribution is 5.94. The van der Waals surface area contributed by atoms with Crippen LogP contribution in [0.15, 0.2) is 42.5 Å². The van der Waals surface area contributed by atoms with Crippen LogP contribution in [0.5, 0.6) is 5.75 Å². The molecule has 1 aromatic heterocycles. The van der Waals surface area contributed by atoms with Crippen molar-refractivity contribution in [2.75, 3.05) is 20.7 Å². The SMILES string of the molecule is COc1ccc2c3c(n(Cc4ccc(C(=O)NO)cc4)c2c1)CN(C(=O)N(C)C(C)=O)CC3C. The fraction of sp³-hybridized carbons (Fsp3) is 0.320. The number of methoxy groups -OCH3 is 1. The Morgan fingerprint density at radius 2 is 1.88 bits per heavy atom. The summed E-state index contributed by atoms with van der Waals surface area (Å²) in [6.45, 7) is 4.86. The lowest BCUT2D eigenvalue weighted by Crippen LogP contribution is -2.46. The standard InChI is InChI=1S/C25H28N4O5/c1-15-12-28(25(32)27(3)16(2)30)14-22-23(15)20-10-9-19(34-4)11-21(20)29(22)13-17-5-7-18(8-6-17)24(31)26-33/h5-11,15,33H,12-14H2,1-4H3,(H,26,31). The van der Waals surface area contributed by atoms with Crippen molar-refractivity contribution in [1.29, 1.82) is 0 Å². The largest absolute Gasteiger partial charge is 0.497 e. The van der Waals surface area contributed by atoms with E-state index in [2.05, 4.69) is 11.5 Å². The molecule has 0 bridgehead atoms. The van der Waals surface area contributed by atoms with Crippen LogP contribution in [0.1, 0.15) is 46.9 Å². The number of urea groups is 1. The zero-order chi connectivity index (χ0) is 24.6. The lowest BCUT2D eigenvalue weighted by atomic mass is 9.93. The summed E-state index contributed by atoms with van der Waals surface area (Å²) >= 11 is 0. The molecule has 1 aliphatic heterocycles. The van der Waals surface area contributed by atoms with Crippen LogP contribution >= 0.6 is 0 Å². The lowest BCUT2D eigenvalue weighted by Gasteiger charge is -2.34. The first-order valence-corrected chi connectivity index (χ1v) is 11.0. The van der Waals surface area contributed by atoms with E-state index < -0.39 is 5.91 Å². The molecule has 34 heavy (non-hydrogen) atoms. The molecule has 9 nitrogen and oxygen atoms in total. The summed E-state index contributed by atoms with van der Waals surface area (Å²) in [7, 11) is 3.12. The normalized spacial score (nSPS) is 15.1. The molecular weight excluding hydrogens is 436 g/mol. The average Bonchev–Trinajstić information content (AvgIpc) is 3.15. The Balaban J connectivity index is 1.79. The number of nitrogens with zero attached hydrogens (tertiary/aromatic N) is 3. The Bertz CT molecular complexity index is 1260. The van der Waals surface area contributed by atoms with Crippen LogP contribution in [-0.2, 0) is 17.9 Å². The molecule has 3 aromatic rings. The minimum absolute atomic E-state index is 0.0702. The number of benzene rings is 2. The molecule has 1 aliphatic rings. The second kappa shape index (κ2) is 9.18. The van der Waals surface area contributed by atoms with E-state index in [0.29, 0.717) is 25.2 Å². The Hall–Kier alpha value is -3.85. The summed E-state index contributed by atoms with van der Waals surface area (Å²) in [5, 5.41) is 9.96. The van der Waals surface area contributed by atoms with E-state index in [1.54, 1.807) is 29.6 Å². The maximum atomic E-state index is 13.0. The minimum atomic E-state index is -0.572. The fourth-order valence-corrected chi connectivity index (χ4v) is 4.61. The number of rotatable bonds is 4. The van der Waals surface area contributed by atoms with E-state index in [4.69, 9.17) is 9.94 Å². The third kappa shape index (κ3) is 4.10. The zero-order valence-corrected chi connectivity index (χ0v) is 19.7. The number of hydrogen-bond acceptors (Lipinski definition) is 5. The summed E-state index contributed by atoms with van der Waals surface area (Å²) in [4.78, 5) is 39.3. The predicted molar refractivity (Wildman–Crippen MR) is 126 cm³/mol. The fourth-order valence-electron chi connectivity index (χ4n) is 4.61. The van der Waals surface area contributed by atoms with E-state index in [1.807, 2.05) is 30.3 Å². The molecule has 0 saturated carbocycles. The third-order valence-corrected chi connectivity index (χ3v) is 6.44. The van der Waals surface area contributed by atoms with Crippen molar-refractivity contribution in [3.8, 4) is 5.75 Å². The van der Waals surface area contributed by atoms with Crippen molar-refractivity contribution in [2.45, 2.75) is 32.9 Å². The molecule has 0 saturated heterocycles. The molecule has 4 amide bonds. The van der Waals surface area contributed by atoms with Gasteiger partial charge in [-0.15, -0.1) is 0 Å². The molecule has 2 N–H and O–H groups in total. The Morgan fingerprint density at radius 3 is 2.50 bits per heavy atom. The third-order valence-electron chi connectivity index (χ3n) is 6.44. The molecule has 0 spiro atoms. The van der Waals surface area contributed by atoms with Gasteiger partial charge in [0.25, 0.3) is 5.91 Å². The summed E-state index contributed by atoms with van der Waals surface area (Å²) in [5.41, 5.74) is 6.12. The number of carbonyl (C=O) groups is 3. The smallest absolute Gasteiger partial charge is 0.326 e. The summed E-state index contributed by atoms with van der Waals surface area (Å²) in [6.07, 6.45) is 0. The van der Waals surface area contributed by atoms with E-state index in [9.17, 15) is 14.4 Å².